The fourth-order valence-corrected chi connectivity index (χ4v) is 3.22. The van der Waals surface area contributed by atoms with Crippen LogP contribution < -0.4 is 5.73 Å². The van der Waals surface area contributed by atoms with Crippen LogP contribution in [0, 0.1) is 0 Å². The van der Waals surface area contributed by atoms with Gasteiger partial charge >= 0.3 is 0 Å². The summed E-state index contributed by atoms with van der Waals surface area (Å²) >= 11 is 1.66. The van der Waals surface area contributed by atoms with Crippen molar-refractivity contribution < 1.29 is 4.52 Å². The van der Waals surface area contributed by atoms with Crippen LogP contribution in [-0.2, 0) is 0 Å². The zero-order chi connectivity index (χ0) is 14.2. The maximum Gasteiger partial charge on any atom is 0.259 e. The molecule has 0 fully saturated rings. The zero-order valence-corrected chi connectivity index (χ0v) is 11.8. The Morgan fingerprint density at radius 3 is 2.67 bits per heavy atom. The molecule has 2 heterocycles. The highest BCUT2D eigenvalue weighted by atomic mass is 32.1. The van der Waals surface area contributed by atoms with Crippen molar-refractivity contribution >= 4 is 27.1 Å². The smallest absolute Gasteiger partial charge is 0.259 e. The molecule has 0 atom stereocenters. The lowest BCUT2D eigenvalue weighted by molar-refractivity contribution is 0.433. The molecule has 4 aromatic rings. The number of rotatable bonds is 2. The first-order chi connectivity index (χ1) is 10.3. The van der Waals surface area contributed by atoms with Crippen LogP contribution in [0.3, 0.4) is 0 Å². The highest BCUT2D eigenvalue weighted by molar-refractivity contribution is 7.17. The van der Waals surface area contributed by atoms with E-state index in [1.54, 1.807) is 11.3 Å². The molecule has 2 aromatic carbocycles. The Kier molecular flexibility index (Phi) is 2.72. The van der Waals surface area contributed by atoms with Gasteiger partial charge in [0.15, 0.2) is 0 Å². The number of benzene rings is 2. The van der Waals surface area contributed by atoms with Gasteiger partial charge in [0.05, 0.1) is 5.56 Å². The first kappa shape index (κ1) is 12.1. The van der Waals surface area contributed by atoms with Crippen molar-refractivity contribution in [3.05, 3.63) is 53.9 Å². The van der Waals surface area contributed by atoms with Gasteiger partial charge in [-0.3, -0.25) is 0 Å². The van der Waals surface area contributed by atoms with E-state index in [1.165, 1.54) is 4.70 Å². The quantitative estimate of drug-likeness (QED) is 0.562. The average Bonchev–Trinajstić information content (AvgIpc) is 3.14. The lowest BCUT2D eigenvalue weighted by Crippen LogP contribution is -1.90. The van der Waals surface area contributed by atoms with E-state index in [1.807, 2.05) is 41.8 Å². The van der Waals surface area contributed by atoms with E-state index in [4.69, 9.17) is 10.3 Å². The molecular weight excluding hydrogens is 282 g/mol. The van der Waals surface area contributed by atoms with E-state index < -0.39 is 0 Å². The lowest BCUT2D eigenvalue weighted by Gasteiger charge is -1.97. The highest BCUT2D eigenvalue weighted by Gasteiger charge is 2.15. The number of aromatic nitrogens is 2. The molecule has 4 nitrogen and oxygen atoms in total. The van der Waals surface area contributed by atoms with Crippen LogP contribution in [0.25, 0.3) is 32.9 Å². The second-order valence-corrected chi connectivity index (χ2v) is 5.57. The molecule has 0 saturated heterocycles. The van der Waals surface area contributed by atoms with Crippen molar-refractivity contribution in [2.75, 3.05) is 5.73 Å². The van der Waals surface area contributed by atoms with Gasteiger partial charge in [-0.15, -0.1) is 11.3 Å². The van der Waals surface area contributed by atoms with Gasteiger partial charge in [-0.1, -0.05) is 35.5 Å². The summed E-state index contributed by atoms with van der Waals surface area (Å²) < 4.78 is 6.62. The molecule has 0 aliphatic carbocycles. The van der Waals surface area contributed by atoms with Gasteiger partial charge in [-0.25, -0.2) is 0 Å². The topological polar surface area (TPSA) is 64.9 Å². The number of hydrogen-bond donors (Lipinski definition) is 1. The Hall–Kier alpha value is -2.66. The molecule has 4 rings (SSSR count). The van der Waals surface area contributed by atoms with E-state index in [2.05, 4.69) is 22.3 Å². The third kappa shape index (κ3) is 1.98. The van der Waals surface area contributed by atoms with Gasteiger partial charge in [0, 0.05) is 26.7 Å². The normalized spacial score (nSPS) is 11.0. The van der Waals surface area contributed by atoms with E-state index >= 15 is 0 Å². The lowest BCUT2D eigenvalue weighted by atomic mass is 10.1. The number of nitrogen functional groups attached to an aromatic ring is 1. The van der Waals surface area contributed by atoms with E-state index in [9.17, 15) is 0 Å². The molecule has 0 aliphatic rings. The van der Waals surface area contributed by atoms with Crippen LogP contribution >= 0.6 is 11.3 Å². The van der Waals surface area contributed by atoms with Crippen LogP contribution in [0.1, 0.15) is 0 Å². The second-order valence-electron chi connectivity index (χ2n) is 4.66. The molecule has 0 bridgehead atoms. The van der Waals surface area contributed by atoms with E-state index in [0.29, 0.717) is 17.4 Å². The van der Waals surface area contributed by atoms with E-state index in [0.717, 1.165) is 16.5 Å². The number of thiophene rings is 1. The van der Waals surface area contributed by atoms with Crippen LogP contribution in [0.4, 0.5) is 5.69 Å². The largest absolute Gasteiger partial charge is 0.398 e. The van der Waals surface area contributed by atoms with Crippen molar-refractivity contribution in [1.29, 1.82) is 0 Å². The Morgan fingerprint density at radius 1 is 0.952 bits per heavy atom. The van der Waals surface area contributed by atoms with Crippen molar-refractivity contribution in [2.45, 2.75) is 0 Å². The van der Waals surface area contributed by atoms with Gasteiger partial charge < -0.3 is 10.3 Å². The number of nitrogens with zero attached hydrogens (tertiary/aromatic N) is 2. The Morgan fingerprint density at radius 2 is 1.76 bits per heavy atom. The fourth-order valence-electron chi connectivity index (χ4n) is 2.29. The summed E-state index contributed by atoms with van der Waals surface area (Å²) in [5.74, 6) is 1.03. The van der Waals surface area contributed by atoms with Gasteiger partial charge in [0.2, 0.25) is 5.82 Å². The summed E-state index contributed by atoms with van der Waals surface area (Å²) in [6, 6.07) is 15.7. The number of para-hydroxylation sites is 1. The monoisotopic (exact) mass is 293 g/mol. The minimum absolute atomic E-state index is 0.512. The molecule has 0 radical (unpaired) electrons. The second kappa shape index (κ2) is 4.71. The molecule has 102 valence electrons. The molecule has 0 spiro atoms. The van der Waals surface area contributed by atoms with Crippen molar-refractivity contribution in [3.63, 3.8) is 0 Å². The average molecular weight is 293 g/mol. The van der Waals surface area contributed by atoms with Crippen LogP contribution in [-0.4, -0.2) is 10.1 Å². The van der Waals surface area contributed by atoms with Crippen molar-refractivity contribution in [3.8, 4) is 22.8 Å². The molecule has 2 N–H and O–H groups in total. The maximum absolute atomic E-state index is 5.95. The van der Waals surface area contributed by atoms with E-state index in [-0.39, 0.29) is 0 Å². The van der Waals surface area contributed by atoms with Crippen LogP contribution in [0.2, 0.25) is 0 Å². The third-order valence-electron chi connectivity index (χ3n) is 3.34. The molecule has 5 heteroatoms. The minimum atomic E-state index is 0.512. The SMILES string of the molecule is Nc1ccccc1-c1noc(-c2csc3ccccc23)n1. The predicted octanol–water partition coefficient (Wildman–Crippen LogP) is 4.20. The zero-order valence-electron chi connectivity index (χ0n) is 11.0. The third-order valence-corrected chi connectivity index (χ3v) is 4.30. The molecule has 21 heavy (non-hydrogen) atoms. The molecule has 0 aliphatic heterocycles. The summed E-state index contributed by atoms with van der Waals surface area (Å²) in [6.07, 6.45) is 0. The van der Waals surface area contributed by atoms with Crippen molar-refractivity contribution in [2.24, 2.45) is 0 Å². The fraction of sp³-hybridized carbons (Fsp3) is 0. The van der Waals surface area contributed by atoms with Crippen molar-refractivity contribution in [1.82, 2.24) is 10.1 Å². The predicted molar refractivity (Wildman–Crippen MR) is 85.0 cm³/mol. The highest BCUT2D eigenvalue weighted by Crippen LogP contribution is 2.34. The summed E-state index contributed by atoms with van der Waals surface area (Å²) in [5, 5.41) is 7.21. The molecule has 0 saturated carbocycles. The first-order valence-corrected chi connectivity index (χ1v) is 7.36. The Labute approximate surface area is 124 Å². The summed E-state index contributed by atoms with van der Waals surface area (Å²) in [5.41, 5.74) is 8.34. The molecule has 0 unspecified atom stereocenters. The number of fused-ring (bicyclic) bond motifs is 1. The molecular formula is C16H11N3OS. The van der Waals surface area contributed by atoms with Gasteiger partial charge in [-0.05, 0) is 18.2 Å². The number of hydrogen-bond acceptors (Lipinski definition) is 5. The molecule has 2 aromatic heterocycles. The maximum atomic E-state index is 5.95. The Bertz CT molecular complexity index is 926. The standard InChI is InChI=1S/C16H11N3OS/c17-13-7-3-1-6-11(13)15-18-16(20-19-15)12-9-21-14-8-4-2-5-10(12)14/h1-9H,17H2. The van der Waals surface area contributed by atoms with Gasteiger partial charge in [0.25, 0.3) is 5.89 Å². The van der Waals surface area contributed by atoms with Gasteiger partial charge in [-0.2, -0.15) is 4.98 Å². The summed E-state index contributed by atoms with van der Waals surface area (Å²) in [6.45, 7) is 0. The minimum Gasteiger partial charge on any atom is -0.398 e. The van der Waals surface area contributed by atoms with Gasteiger partial charge in [0.1, 0.15) is 0 Å². The number of nitrogens with two attached hydrogens (primary N) is 1. The summed E-state index contributed by atoms with van der Waals surface area (Å²) in [4.78, 5) is 4.48. The molecule has 0 amide bonds. The number of anilines is 1. The summed E-state index contributed by atoms with van der Waals surface area (Å²) in [7, 11) is 0. The Balaban J connectivity index is 1.83. The first-order valence-electron chi connectivity index (χ1n) is 6.48. The van der Waals surface area contributed by atoms with Crippen LogP contribution in [0.15, 0.2) is 58.4 Å². The van der Waals surface area contributed by atoms with Crippen LogP contribution in [0.5, 0.6) is 0 Å².